The topological polar surface area (TPSA) is 140 Å². The monoisotopic (exact) mass is 631 g/mol. The number of carbonyl (C=O) groups excluding carboxylic acids is 3. The summed E-state index contributed by atoms with van der Waals surface area (Å²) in [6, 6.07) is 3.37. The van der Waals surface area contributed by atoms with Crippen molar-refractivity contribution in [3.05, 3.63) is 28.8 Å². The fourth-order valence-electron chi connectivity index (χ4n) is 6.14. The third-order valence-corrected chi connectivity index (χ3v) is 10.4. The van der Waals surface area contributed by atoms with Crippen LogP contribution in [0, 0.1) is 13.8 Å². The third-order valence-electron chi connectivity index (χ3n) is 8.89. The first-order valence-electron chi connectivity index (χ1n) is 16.4. The molecule has 3 amide bonds. The van der Waals surface area contributed by atoms with Gasteiger partial charge in [0.25, 0.3) is 5.91 Å². The number of nitrogens with zero attached hydrogens (tertiary/aromatic N) is 3. The Kier molecular flexibility index (Phi) is 14.5. The second-order valence-corrected chi connectivity index (χ2v) is 13.8. The zero-order valence-electron chi connectivity index (χ0n) is 27.3. The van der Waals surface area contributed by atoms with Crippen molar-refractivity contribution in [2.75, 3.05) is 37.4 Å². The van der Waals surface area contributed by atoms with Crippen LogP contribution in [0.4, 0.5) is 10.5 Å². The van der Waals surface area contributed by atoms with Gasteiger partial charge in [-0.25, -0.2) is 4.79 Å². The number of benzene rings is 1. The number of esters is 1. The van der Waals surface area contributed by atoms with E-state index in [1.807, 2.05) is 37.2 Å². The molecule has 0 bridgehead atoms. The molecule has 0 aliphatic carbocycles. The van der Waals surface area contributed by atoms with E-state index in [1.165, 1.54) is 37.0 Å². The molecule has 1 aromatic rings. The number of aliphatic imine (C=N–C) groups is 1. The number of piperidine rings is 1. The van der Waals surface area contributed by atoms with Crippen molar-refractivity contribution >= 4 is 40.8 Å². The Morgan fingerprint density at radius 3 is 2.16 bits per heavy atom. The number of aryl methyl sites for hydroxylation is 2. The van der Waals surface area contributed by atoms with Gasteiger partial charge in [-0.1, -0.05) is 44.9 Å². The van der Waals surface area contributed by atoms with E-state index in [1.54, 1.807) is 7.05 Å². The van der Waals surface area contributed by atoms with Gasteiger partial charge < -0.3 is 20.3 Å². The minimum atomic E-state index is -1.15. The van der Waals surface area contributed by atoms with E-state index in [9.17, 15) is 18.9 Å². The van der Waals surface area contributed by atoms with Crippen LogP contribution in [0.2, 0.25) is 0 Å². The summed E-state index contributed by atoms with van der Waals surface area (Å²) in [6.07, 6.45) is 13.3. The number of rotatable bonds is 18. The highest BCUT2D eigenvalue weighted by Gasteiger charge is 2.47. The van der Waals surface area contributed by atoms with E-state index in [2.05, 4.69) is 5.32 Å². The Morgan fingerprint density at radius 1 is 1.02 bits per heavy atom. The Balaban J connectivity index is 1.32. The summed E-state index contributed by atoms with van der Waals surface area (Å²) in [5.41, 5.74) is 8.69. The molecule has 11 heteroatoms. The number of carbonyl (C=O) groups is 3. The predicted molar refractivity (Wildman–Crippen MR) is 177 cm³/mol. The van der Waals surface area contributed by atoms with E-state index in [4.69, 9.17) is 15.5 Å². The first-order valence-corrected chi connectivity index (χ1v) is 17.7. The van der Waals surface area contributed by atoms with Crippen LogP contribution in [-0.2, 0) is 32.1 Å². The van der Waals surface area contributed by atoms with Crippen molar-refractivity contribution < 1.29 is 23.7 Å². The number of urea groups is 1. The van der Waals surface area contributed by atoms with Gasteiger partial charge in [0.15, 0.2) is 0 Å². The number of hydrogen-bond acceptors (Lipinski definition) is 7. The number of amidine groups is 1. The number of unbranched alkanes of at least 4 members (excludes halogenated alkanes) is 8. The molecule has 0 aromatic heterocycles. The lowest BCUT2D eigenvalue weighted by atomic mass is 9.89. The van der Waals surface area contributed by atoms with Crippen LogP contribution < -0.4 is 16.0 Å². The maximum atomic E-state index is 13.2. The highest BCUT2D eigenvalue weighted by molar-refractivity contribution is 7.89. The van der Waals surface area contributed by atoms with E-state index in [0.29, 0.717) is 51.1 Å². The normalized spacial score (nSPS) is 16.9. The van der Waals surface area contributed by atoms with Gasteiger partial charge in [-0.2, -0.15) is 0 Å². The minimum Gasteiger partial charge on any atom is -0.598 e. The van der Waals surface area contributed by atoms with Crippen LogP contribution in [0.3, 0.4) is 0 Å². The molecule has 2 heterocycles. The van der Waals surface area contributed by atoms with Crippen LogP contribution >= 0.6 is 0 Å². The lowest BCUT2D eigenvalue weighted by molar-refractivity contribution is -0.143. The molecule has 1 fully saturated rings. The Labute approximate surface area is 266 Å². The number of amides is 3. The summed E-state index contributed by atoms with van der Waals surface area (Å²) < 4.78 is 20.1. The fourth-order valence-corrected chi connectivity index (χ4v) is 7.36. The number of ether oxygens (including phenoxy) is 1. The lowest BCUT2D eigenvalue weighted by Crippen LogP contribution is -2.50. The minimum absolute atomic E-state index is 0.00634. The summed E-state index contributed by atoms with van der Waals surface area (Å²) in [7, 11) is 1.65. The average Bonchev–Trinajstić information content (AvgIpc) is 3.28. The van der Waals surface area contributed by atoms with Crippen LogP contribution in [0.25, 0.3) is 0 Å². The van der Waals surface area contributed by atoms with Crippen LogP contribution in [0.15, 0.2) is 17.1 Å². The number of anilines is 1. The van der Waals surface area contributed by atoms with Crippen molar-refractivity contribution in [1.82, 2.24) is 9.62 Å². The molecular formula is C33H53N5O5S. The number of nitrogens with two attached hydrogens (primary N) is 1. The van der Waals surface area contributed by atoms with Gasteiger partial charge in [-0.05, 0) is 75.3 Å². The number of primary amides is 1. The first kappa shape index (κ1) is 35.8. The predicted octanol–water partition coefficient (Wildman–Crippen LogP) is 5.24. The molecule has 1 atom stereocenters. The maximum absolute atomic E-state index is 13.2. The van der Waals surface area contributed by atoms with Crippen molar-refractivity contribution in [2.24, 2.45) is 10.7 Å². The summed E-state index contributed by atoms with van der Waals surface area (Å²) in [6.45, 7) is 7.47. The molecule has 3 rings (SSSR count). The number of nitrogens with one attached hydrogen (secondary N) is 1. The summed E-state index contributed by atoms with van der Waals surface area (Å²) >= 11 is -1.15. The average molecular weight is 632 g/mol. The van der Waals surface area contributed by atoms with Crippen molar-refractivity contribution in [3.63, 3.8) is 0 Å². The second-order valence-electron chi connectivity index (χ2n) is 12.2. The molecule has 1 saturated heterocycles. The van der Waals surface area contributed by atoms with Crippen LogP contribution in [-0.4, -0.2) is 70.6 Å². The van der Waals surface area contributed by atoms with Gasteiger partial charge in [0.2, 0.25) is 0 Å². The van der Waals surface area contributed by atoms with Crippen molar-refractivity contribution in [3.8, 4) is 0 Å². The molecule has 1 aromatic carbocycles. The lowest BCUT2D eigenvalue weighted by Gasteiger charge is -2.35. The highest BCUT2D eigenvalue weighted by Crippen LogP contribution is 2.32. The molecule has 2 aliphatic heterocycles. The van der Waals surface area contributed by atoms with Gasteiger partial charge >= 0.3 is 12.0 Å². The quantitative estimate of drug-likeness (QED) is 0.129. The van der Waals surface area contributed by atoms with Crippen LogP contribution in [0.1, 0.15) is 107 Å². The molecule has 1 spiro atoms. The maximum Gasteiger partial charge on any atom is 0.318 e. The first-order chi connectivity index (χ1) is 21.1. The highest BCUT2D eigenvalue weighted by atomic mass is 32.2. The van der Waals surface area contributed by atoms with E-state index in [0.717, 1.165) is 60.3 Å². The van der Waals surface area contributed by atoms with Crippen molar-refractivity contribution in [1.29, 1.82) is 0 Å². The van der Waals surface area contributed by atoms with Gasteiger partial charge in [0, 0.05) is 56.4 Å². The second kappa shape index (κ2) is 17.8. The van der Waals surface area contributed by atoms with Gasteiger partial charge in [0.1, 0.15) is 17.1 Å². The van der Waals surface area contributed by atoms with Gasteiger partial charge in [-0.3, -0.25) is 19.5 Å². The fraction of sp³-hybridized carbons (Fsp3) is 0.697. The van der Waals surface area contributed by atoms with Crippen LogP contribution in [0.5, 0.6) is 0 Å². The standard InChI is InChI=1S/C33H53N5O5S/c1-5-43-30(39)16-14-12-10-8-6-7-9-11-13-15-29-35-31(40)33(36-29)18-20-38(21-19-33)44(42)22-17-28-25(2)23-27(24-26(28)3)37(4)32(34)41/h23-24H,5-22H2,1-4H3,(H2,34,41)(H,35,36,40). The molecule has 246 valence electrons. The smallest absolute Gasteiger partial charge is 0.318 e. The molecule has 10 nitrogen and oxygen atoms in total. The Hall–Kier alpha value is -2.63. The Morgan fingerprint density at radius 2 is 1.59 bits per heavy atom. The summed E-state index contributed by atoms with van der Waals surface area (Å²) in [5.74, 6) is 1.23. The largest absolute Gasteiger partial charge is 0.598 e. The van der Waals surface area contributed by atoms with E-state index in [-0.39, 0.29) is 11.9 Å². The zero-order chi connectivity index (χ0) is 32.1. The molecule has 2 aliphatic rings. The SMILES string of the molecule is CCOC(=O)CCCCCCCCCCCC1=NC2(CCN([S+]([O-])CCc3c(C)cc(N(C)C(N)=O)cc3C)CC2)C(=O)N1. The number of hydrogen-bond donors (Lipinski definition) is 2. The summed E-state index contributed by atoms with van der Waals surface area (Å²) in [4.78, 5) is 42.1. The molecule has 3 N–H and O–H groups in total. The van der Waals surface area contributed by atoms with Gasteiger partial charge in [-0.15, -0.1) is 4.31 Å². The molecule has 0 radical (unpaired) electrons. The molecule has 44 heavy (non-hydrogen) atoms. The summed E-state index contributed by atoms with van der Waals surface area (Å²) in [5, 5.41) is 3.03. The van der Waals surface area contributed by atoms with E-state index < -0.39 is 22.9 Å². The van der Waals surface area contributed by atoms with Gasteiger partial charge in [0.05, 0.1) is 6.61 Å². The molecule has 0 saturated carbocycles. The van der Waals surface area contributed by atoms with Crippen molar-refractivity contribution in [2.45, 2.75) is 116 Å². The van der Waals surface area contributed by atoms with E-state index >= 15 is 0 Å². The third kappa shape index (κ3) is 10.5. The Bertz CT molecular complexity index is 1130. The molecule has 1 unspecified atom stereocenters. The zero-order valence-corrected chi connectivity index (χ0v) is 28.1. The molecular weight excluding hydrogens is 578 g/mol.